The van der Waals surface area contributed by atoms with E-state index in [0.29, 0.717) is 28.7 Å². The van der Waals surface area contributed by atoms with E-state index in [1.807, 2.05) is 5.41 Å². The van der Waals surface area contributed by atoms with Crippen molar-refractivity contribution in [2.75, 3.05) is 13.2 Å². The lowest BCUT2D eigenvalue weighted by Crippen LogP contribution is -2.40. The lowest BCUT2D eigenvalue weighted by Gasteiger charge is -2.37. The molecule has 0 unspecified atom stereocenters. The van der Waals surface area contributed by atoms with Gasteiger partial charge in [0.15, 0.2) is 5.17 Å². The van der Waals surface area contributed by atoms with Crippen molar-refractivity contribution in [3.05, 3.63) is 58.0 Å². The molecule has 9 heteroatoms. The van der Waals surface area contributed by atoms with Gasteiger partial charge in [-0.2, -0.15) is 0 Å². The van der Waals surface area contributed by atoms with Gasteiger partial charge in [-0.1, -0.05) is 30.0 Å². The molecule has 1 amide bonds. The Balaban J connectivity index is 1.63. The van der Waals surface area contributed by atoms with Crippen LogP contribution in [-0.4, -0.2) is 46.8 Å². The number of nitrogens with one attached hydrogen (secondary N) is 1. The van der Waals surface area contributed by atoms with Crippen molar-refractivity contribution in [3.8, 4) is 0 Å². The lowest BCUT2D eigenvalue weighted by molar-refractivity contribution is -0.150. The molecule has 1 aromatic carbocycles. The van der Waals surface area contributed by atoms with E-state index < -0.39 is 23.4 Å². The molecule has 4 rings (SSSR count). The summed E-state index contributed by atoms with van der Waals surface area (Å²) in [6, 6.07) is 5.56. The topological polar surface area (TPSA) is 80.2 Å². The molecule has 1 N–H and O–H groups in total. The molecule has 1 aromatic rings. The van der Waals surface area contributed by atoms with Crippen molar-refractivity contribution in [2.45, 2.75) is 64.7 Å². The number of amides is 1. The van der Waals surface area contributed by atoms with Crippen molar-refractivity contribution < 1.29 is 23.5 Å². The molecule has 182 valence electrons. The van der Waals surface area contributed by atoms with Crippen LogP contribution in [0, 0.1) is 5.82 Å². The molecule has 0 spiro atoms. The fourth-order valence-corrected chi connectivity index (χ4v) is 5.18. The Labute approximate surface area is 203 Å². The highest BCUT2D eigenvalue weighted by molar-refractivity contribution is 8.16. The third kappa shape index (κ3) is 5.36. The van der Waals surface area contributed by atoms with Gasteiger partial charge in [0.2, 0.25) is 5.91 Å². The number of aliphatic imine (C=N–C) groups is 1. The summed E-state index contributed by atoms with van der Waals surface area (Å²) in [4.78, 5) is 32.4. The van der Waals surface area contributed by atoms with Crippen LogP contribution >= 0.6 is 11.8 Å². The van der Waals surface area contributed by atoms with Crippen LogP contribution in [0.15, 0.2) is 51.6 Å². The first-order chi connectivity index (χ1) is 16.1. The van der Waals surface area contributed by atoms with E-state index in [1.54, 1.807) is 50.8 Å². The number of nitrogens with zero attached hydrogens (tertiary/aromatic N) is 2. The summed E-state index contributed by atoms with van der Waals surface area (Å²) in [7, 11) is 0. The third-order valence-corrected chi connectivity index (χ3v) is 6.60. The van der Waals surface area contributed by atoms with Gasteiger partial charge in [-0.05, 0) is 52.0 Å². The summed E-state index contributed by atoms with van der Waals surface area (Å²) in [5, 5.41) is 5.36. The monoisotopic (exact) mass is 487 g/mol. The summed E-state index contributed by atoms with van der Waals surface area (Å²) in [5.74, 6) is -1.16. The van der Waals surface area contributed by atoms with Crippen molar-refractivity contribution in [1.29, 1.82) is 0 Å². The van der Waals surface area contributed by atoms with Gasteiger partial charge in [0.1, 0.15) is 11.4 Å². The molecule has 3 aliphatic heterocycles. The van der Waals surface area contributed by atoms with Crippen molar-refractivity contribution in [1.82, 2.24) is 10.2 Å². The number of halogens is 1. The third-order valence-electron chi connectivity index (χ3n) is 5.71. The second kappa shape index (κ2) is 9.92. The van der Waals surface area contributed by atoms with E-state index in [0.717, 1.165) is 19.4 Å². The average Bonchev–Trinajstić information content (AvgIpc) is 3.40. The minimum Gasteiger partial charge on any atom is -0.456 e. The molecular weight excluding hydrogens is 457 g/mol. The largest absolute Gasteiger partial charge is 0.456 e. The molecule has 1 fully saturated rings. The van der Waals surface area contributed by atoms with Crippen LogP contribution in [0.25, 0.3) is 0 Å². The van der Waals surface area contributed by atoms with Crippen molar-refractivity contribution in [2.24, 2.45) is 4.99 Å². The van der Waals surface area contributed by atoms with Crippen LogP contribution in [0.5, 0.6) is 0 Å². The second-order valence-corrected chi connectivity index (χ2v) is 10.4. The minimum absolute atomic E-state index is 0.0403. The van der Waals surface area contributed by atoms with Gasteiger partial charge < -0.3 is 19.7 Å². The number of allylic oxidation sites excluding steroid dienone is 1. The molecule has 0 aromatic heterocycles. The van der Waals surface area contributed by atoms with Gasteiger partial charge in [-0.3, -0.25) is 4.79 Å². The summed E-state index contributed by atoms with van der Waals surface area (Å²) < 4.78 is 26.3. The highest BCUT2D eigenvalue weighted by atomic mass is 32.2. The van der Waals surface area contributed by atoms with E-state index in [1.165, 1.54) is 17.8 Å². The zero-order valence-electron chi connectivity index (χ0n) is 19.9. The highest BCUT2D eigenvalue weighted by Crippen LogP contribution is 2.45. The Kier molecular flexibility index (Phi) is 7.14. The van der Waals surface area contributed by atoms with Crippen LogP contribution in [0.1, 0.15) is 58.6 Å². The van der Waals surface area contributed by atoms with Crippen molar-refractivity contribution in [3.63, 3.8) is 0 Å². The van der Waals surface area contributed by atoms with Gasteiger partial charge in [-0.15, -0.1) is 0 Å². The number of esters is 1. The number of rotatable bonds is 6. The van der Waals surface area contributed by atoms with Gasteiger partial charge in [0.25, 0.3) is 0 Å². The number of carbonyl (C=O) groups excluding carboxylic acids is 2. The summed E-state index contributed by atoms with van der Waals surface area (Å²) >= 11 is 1.36. The molecule has 0 aliphatic carbocycles. The fraction of sp³-hybridized carbons (Fsp3) is 0.480. The first-order valence-corrected chi connectivity index (χ1v) is 12.3. The predicted molar refractivity (Wildman–Crippen MR) is 129 cm³/mol. The zero-order chi connectivity index (χ0) is 24.5. The number of ether oxygens (including phenoxy) is 2. The number of hydrogen-bond acceptors (Lipinski definition) is 7. The van der Waals surface area contributed by atoms with E-state index in [2.05, 4.69) is 10.3 Å². The Hall–Kier alpha value is -2.65. The molecule has 3 aliphatic rings. The maximum absolute atomic E-state index is 15.1. The van der Waals surface area contributed by atoms with E-state index in [-0.39, 0.29) is 24.0 Å². The molecule has 0 saturated carbocycles. The number of amidine groups is 1. The molecule has 34 heavy (non-hydrogen) atoms. The Morgan fingerprint density at radius 2 is 2.09 bits per heavy atom. The predicted octanol–water partition coefficient (Wildman–Crippen LogP) is 4.43. The van der Waals surface area contributed by atoms with Crippen molar-refractivity contribution >= 4 is 28.8 Å². The molecule has 2 atom stereocenters. The number of thioether (sulfide) groups is 1. The standard InChI is InChI=1S/C25H30FN3O4S/c1-15-21(23(31)33-25(2,3)4)22(18-9-5-6-10-19(18)26)29-16(14-34-24(29)28-15)12-20(30)27-13-17-8-7-11-32-17/h5-6,9-10,14,17,22H,7-8,11-13H2,1-4H3,(H,27,30)/t17-,22+/m1/s1. The van der Waals surface area contributed by atoms with Gasteiger partial charge in [0, 0.05) is 24.4 Å². The minimum atomic E-state index is -0.796. The normalized spacial score (nSPS) is 22.3. The summed E-state index contributed by atoms with van der Waals surface area (Å²) in [6.07, 6.45) is 2.04. The van der Waals surface area contributed by atoms with Gasteiger partial charge >= 0.3 is 5.97 Å². The van der Waals surface area contributed by atoms with E-state index >= 15 is 4.39 Å². The quantitative estimate of drug-likeness (QED) is 0.598. The zero-order valence-corrected chi connectivity index (χ0v) is 20.7. The van der Waals surface area contributed by atoms with Crippen LogP contribution < -0.4 is 5.32 Å². The molecular formula is C25H30FN3O4S. The van der Waals surface area contributed by atoms with Gasteiger partial charge in [-0.25, -0.2) is 14.2 Å². The maximum atomic E-state index is 15.1. The van der Waals surface area contributed by atoms with Crippen LogP contribution in [0.4, 0.5) is 4.39 Å². The van der Waals surface area contributed by atoms with Crippen LogP contribution in [0.3, 0.4) is 0 Å². The maximum Gasteiger partial charge on any atom is 0.338 e. The first-order valence-electron chi connectivity index (χ1n) is 11.4. The summed E-state index contributed by atoms with van der Waals surface area (Å²) in [6.45, 7) is 8.26. The first kappa shape index (κ1) is 24.5. The Bertz CT molecular complexity index is 1070. The second-order valence-electron chi connectivity index (χ2n) is 9.53. The number of fused-ring (bicyclic) bond motifs is 1. The Morgan fingerprint density at radius 3 is 2.76 bits per heavy atom. The highest BCUT2D eigenvalue weighted by Gasteiger charge is 2.42. The number of benzene rings is 1. The molecule has 1 saturated heterocycles. The Morgan fingerprint density at radius 1 is 1.32 bits per heavy atom. The molecule has 0 bridgehead atoms. The number of hydrogen-bond donors (Lipinski definition) is 1. The van der Waals surface area contributed by atoms with Crippen LogP contribution in [-0.2, 0) is 19.1 Å². The molecule has 3 heterocycles. The smallest absolute Gasteiger partial charge is 0.338 e. The SMILES string of the molecule is CC1=C(C(=O)OC(C)(C)C)[C@H](c2ccccc2F)N2C(CC(=O)NC[C@H]3CCCO3)=CSC2=N1. The lowest BCUT2D eigenvalue weighted by atomic mass is 9.93. The average molecular weight is 488 g/mol. The van der Waals surface area contributed by atoms with E-state index in [9.17, 15) is 9.59 Å². The number of carbonyl (C=O) groups is 2. The summed E-state index contributed by atoms with van der Waals surface area (Å²) in [5.41, 5.74) is 0.976. The van der Waals surface area contributed by atoms with E-state index in [4.69, 9.17) is 9.47 Å². The van der Waals surface area contributed by atoms with Crippen LogP contribution in [0.2, 0.25) is 0 Å². The molecule has 0 radical (unpaired) electrons. The van der Waals surface area contributed by atoms with Gasteiger partial charge in [0.05, 0.1) is 29.8 Å². The fourth-order valence-electron chi connectivity index (χ4n) is 4.21. The molecule has 7 nitrogen and oxygen atoms in total.